The fraction of sp³-hybridized carbons (Fsp3) is 0.562. The van der Waals surface area contributed by atoms with E-state index in [1.807, 2.05) is 45.0 Å². The van der Waals surface area contributed by atoms with Gasteiger partial charge >= 0.3 is 6.09 Å². The van der Waals surface area contributed by atoms with Crippen LogP contribution >= 0.6 is 0 Å². The SMILES string of the molecule is CC(CN)NCCc1ccc(NC(=O)OC(C)(C)C)cc1. The quantitative estimate of drug-likeness (QED) is 0.753. The molecule has 0 bridgehead atoms. The van der Waals surface area contributed by atoms with Crippen LogP contribution in [-0.2, 0) is 11.2 Å². The molecule has 0 saturated heterocycles. The molecule has 1 rings (SSSR count). The first-order valence-corrected chi connectivity index (χ1v) is 7.32. The van der Waals surface area contributed by atoms with Gasteiger partial charge in [0.1, 0.15) is 5.60 Å². The first kappa shape index (κ1) is 17.5. The number of amides is 1. The van der Waals surface area contributed by atoms with Crippen LogP contribution in [0.25, 0.3) is 0 Å². The third-order valence-electron chi connectivity index (χ3n) is 2.86. The van der Waals surface area contributed by atoms with Gasteiger partial charge in [-0.2, -0.15) is 0 Å². The van der Waals surface area contributed by atoms with Crippen LogP contribution in [0.4, 0.5) is 10.5 Å². The van der Waals surface area contributed by atoms with Crippen LogP contribution in [0.2, 0.25) is 0 Å². The summed E-state index contributed by atoms with van der Waals surface area (Å²) in [5.74, 6) is 0. The molecule has 0 heterocycles. The molecule has 0 aliphatic rings. The van der Waals surface area contributed by atoms with Crippen LogP contribution in [0.3, 0.4) is 0 Å². The molecule has 1 atom stereocenters. The molecule has 0 spiro atoms. The molecular weight excluding hydrogens is 266 g/mol. The minimum absolute atomic E-state index is 0.332. The molecule has 21 heavy (non-hydrogen) atoms. The van der Waals surface area contributed by atoms with Gasteiger partial charge in [0, 0.05) is 18.3 Å². The van der Waals surface area contributed by atoms with Crippen molar-refractivity contribution in [2.24, 2.45) is 5.73 Å². The van der Waals surface area contributed by atoms with Crippen LogP contribution < -0.4 is 16.4 Å². The molecule has 1 aromatic carbocycles. The topological polar surface area (TPSA) is 76.4 Å². The second kappa shape index (κ2) is 8.00. The Bertz CT molecular complexity index is 438. The summed E-state index contributed by atoms with van der Waals surface area (Å²) in [7, 11) is 0. The van der Waals surface area contributed by atoms with Crippen molar-refractivity contribution in [3.05, 3.63) is 29.8 Å². The van der Waals surface area contributed by atoms with Crippen molar-refractivity contribution in [2.45, 2.75) is 45.8 Å². The van der Waals surface area contributed by atoms with E-state index in [2.05, 4.69) is 17.6 Å². The Morgan fingerprint density at radius 1 is 1.29 bits per heavy atom. The van der Waals surface area contributed by atoms with Crippen molar-refractivity contribution in [1.82, 2.24) is 5.32 Å². The van der Waals surface area contributed by atoms with Gasteiger partial charge in [-0.3, -0.25) is 5.32 Å². The predicted molar refractivity (Wildman–Crippen MR) is 86.5 cm³/mol. The van der Waals surface area contributed by atoms with Gasteiger partial charge in [0.05, 0.1) is 0 Å². The summed E-state index contributed by atoms with van der Waals surface area (Å²) in [6, 6.07) is 8.10. The summed E-state index contributed by atoms with van der Waals surface area (Å²) < 4.78 is 5.20. The normalized spacial score (nSPS) is 12.8. The number of nitrogens with two attached hydrogens (primary N) is 1. The lowest BCUT2D eigenvalue weighted by Crippen LogP contribution is -2.34. The Balaban J connectivity index is 2.41. The largest absolute Gasteiger partial charge is 0.444 e. The third-order valence-corrected chi connectivity index (χ3v) is 2.86. The number of hydrogen-bond acceptors (Lipinski definition) is 4. The second-order valence-electron chi connectivity index (χ2n) is 6.16. The molecule has 0 fully saturated rings. The van der Waals surface area contributed by atoms with E-state index < -0.39 is 11.7 Å². The average molecular weight is 293 g/mol. The summed E-state index contributed by atoms with van der Waals surface area (Å²) in [6.45, 7) is 9.10. The highest BCUT2D eigenvalue weighted by atomic mass is 16.6. The highest BCUT2D eigenvalue weighted by Crippen LogP contribution is 2.13. The highest BCUT2D eigenvalue weighted by Gasteiger charge is 2.15. The van der Waals surface area contributed by atoms with E-state index in [9.17, 15) is 4.79 Å². The van der Waals surface area contributed by atoms with Gasteiger partial charge in [0.15, 0.2) is 0 Å². The molecule has 5 heteroatoms. The zero-order valence-corrected chi connectivity index (χ0v) is 13.4. The van der Waals surface area contributed by atoms with E-state index in [1.165, 1.54) is 5.56 Å². The maximum Gasteiger partial charge on any atom is 0.412 e. The number of benzene rings is 1. The molecular formula is C16H27N3O2. The lowest BCUT2D eigenvalue weighted by Gasteiger charge is -2.19. The Morgan fingerprint density at radius 3 is 2.43 bits per heavy atom. The van der Waals surface area contributed by atoms with Crippen LogP contribution in [0.1, 0.15) is 33.3 Å². The zero-order chi connectivity index (χ0) is 15.9. The number of hydrogen-bond donors (Lipinski definition) is 3. The van der Waals surface area contributed by atoms with Gasteiger partial charge in [-0.05, 0) is 58.4 Å². The van der Waals surface area contributed by atoms with E-state index in [0.717, 1.165) is 18.7 Å². The first-order valence-electron chi connectivity index (χ1n) is 7.32. The van der Waals surface area contributed by atoms with Crippen LogP contribution in [0, 0.1) is 0 Å². The zero-order valence-electron chi connectivity index (χ0n) is 13.4. The minimum atomic E-state index is -0.491. The number of carbonyl (C=O) groups excluding carboxylic acids is 1. The van der Waals surface area contributed by atoms with Crippen LogP contribution in [0.15, 0.2) is 24.3 Å². The standard InChI is InChI=1S/C16H27N3O2/c1-12(11-17)18-10-9-13-5-7-14(8-6-13)19-15(20)21-16(2,3)4/h5-8,12,18H,9-11,17H2,1-4H3,(H,19,20). The fourth-order valence-electron chi connectivity index (χ4n) is 1.72. The average Bonchev–Trinajstić information content (AvgIpc) is 2.38. The maximum absolute atomic E-state index is 11.6. The van der Waals surface area contributed by atoms with Gasteiger partial charge in [0.2, 0.25) is 0 Å². The number of carbonyl (C=O) groups is 1. The van der Waals surface area contributed by atoms with Crippen molar-refractivity contribution < 1.29 is 9.53 Å². The third kappa shape index (κ3) is 7.68. The number of nitrogens with one attached hydrogen (secondary N) is 2. The van der Waals surface area contributed by atoms with Gasteiger partial charge < -0.3 is 15.8 Å². The predicted octanol–water partition coefficient (Wildman–Crippen LogP) is 2.51. The van der Waals surface area contributed by atoms with Crippen LogP contribution in [0.5, 0.6) is 0 Å². The van der Waals surface area contributed by atoms with Gasteiger partial charge in [-0.25, -0.2) is 4.79 Å². The Kier molecular flexibility index (Phi) is 6.65. The lowest BCUT2D eigenvalue weighted by atomic mass is 10.1. The van der Waals surface area contributed by atoms with Crippen molar-refractivity contribution in [1.29, 1.82) is 0 Å². The summed E-state index contributed by atoms with van der Waals surface area (Å²) in [6.07, 6.45) is 0.491. The molecule has 0 radical (unpaired) electrons. The molecule has 0 aliphatic heterocycles. The summed E-state index contributed by atoms with van der Waals surface area (Å²) >= 11 is 0. The van der Waals surface area contributed by atoms with Crippen molar-refractivity contribution in [3.8, 4) is 0 Å². The van der Waals surface area contributed by atoms with E-state index >= 15 is 0 Å². The molecule has 4 N–H and O–H groups in total. The summed E-state index contributed by atoms with van der Waals surface area (Å²) in [4.78, 5) is 11.6. The molecule has 0 aromatic heterocycles. The van der Waals surface area contributed by atoms with Gasteiger partial charge in [0.25, 0.3) is 0 Å². The van der Waals surface area contributed by atoms with Gasteiger partial charge in [-0.1, -0.05) is 12.1 Å². The number of anilines is 1. The number of rotatable bonds is 6. The lowest BCUT2D eigenvalue weighted by molar-refractivity contribution is 0.0636. The van der Waals surface area contributed by atoms with Gasteiger partial charge in [-0.15, -0.1) is 0 Å². The fourth-order valence-corrected chi connectivity index (χ4v) is 1.72. The van der Waals surface area contributed by atoms with E-state index in [4.69, 9.17) is 10.5 Å². The number of ether oxygens (including phenoxy) is 1. The van der Waals surface area contributed by atoms with Crippen molar-refractivity contribution in [2.75, 3.05) is 18.4 Å². The molecule has 1 aromatic rings. The molecule has 118 valence electrons. The Morgan fingerprint density at radius 2 is 1.90 bits per heavy atom. The summed E-state index contributed by atoms with van der Waals surface area (Å²) in [5.41, 5.74) is 7.00. The van der Waals surface area contributed by atoms with E-state index in [1.54, 1.807) is 0 Å². The van der Waals surface area contributed by atoms with Crippen molar-refractivity contribution >= 4 is 11.8 Å². The highest BCUT2D eigenvalue weighted by molar-refractivity contribution is 5.84. The summed E-state index contributed by atoms with van der Waals surface area (Å²) in [5, 5.41) is 6.05. The molecule has 1 amide bonds. The molecule has 0 aliphatic carbocycles. The molecule has 0 saturated carbocycles. The second-order valence-corrected chi connectivity index (χ2v) is 6.16. The van der Waals surface area contributed by atoms with Crippen LogP contribution in [-0.4, -0.2) is 30.8 Å². The van der Waals surface area contributed by atoms with Crippen molar-refractivity contribution in [3.63, 3.8) is 0 Å². The molecule has 1 unspecified atom stereocenters. The first-order chi connectivity index (χ1) is 9.80. The van der Waals surface area contributed by atoms with E-state index in [0.29, 0.717) is 12.6 Å². The smallest absolute Gasteiger partial charge is 0.412 e. The maximum atomic E-state index is 11.6. The monoisotopic (exact) mass is 293 g/mol. The van der Waals surface area contributed by atoms with E-state index in [-0.39, 0.29) is 0 Å². The minimum Gasteiger partial charge on any atom is -0.444 e. The molecule has 5 nitrogen and oxygen atoms in total. The Hall–Kier alpha value is -1.59. The Labute approximate surface area is 127 Å².